The Balaban J connectivity index is 2.09. The zero-order valence-corrected chi connectivity index (χ0v) is 19.4. The van der Waals surface area contributed by atoms with Gasteiger partial charge >= 0.3 is 11.9 Å². The van der Waals surface area contributed by atoms with E-state index >= 15 is 0 Å². The number of hydrogen-bond donors (Lipinski definition) is 0. The molecule has 4 rings (SSSR count). The highest BCUT2D eigenvalue weighted by atomic mass is 16.7. The van der Waals surface area contributed by atoms with Crippen LogP contribution in [-0.4, -0.2) is 60.1 Å². The van der Waals surface area contributed by atoms with Crippen molar-refractivity contribution in [2.45, 2.75) is 12.3 Å². The normalized spacial score (nSPS) is 17.4. The summed E-state index contributed by atoms with van der Waals surface area (Å²) in [5.41, 5.74) is -0.888. The summed E-state index contributed by atoms with van der Waals surface area (Å²) in [7, 11) is 6.66. The van der Waals surface area contributed by atoms with Crippen LogP contribution < -0.4 is 23.7 Å². The van der Waals surface area contributed by atoms with E-state index in [1.807, 2.05) is 0 Å². The number of hydrogen-bond acceptors (Lipinski definition) is 10. The lowest BCUT2D eigenvalue weighted by atomic mass is 9.61. The monoisotopic (exact) mass is 472 g/mol. The molecule has 2 aromatic rings. The van der Waals surface area contributed by atoms with Gasteiger partial charge in [0.25, 0.3) is 0 Å². The smallest absolute Gasteiger partial charge is 0.324 e. The van der Waals surface area contributed by atoms with E-state index in [0.29, 0.717) is 45.4 Å². The van der Waals surface area contributed by atoms with E-state index in [4.69, 9.17) is 33.2 Å². The number of rotatable bonds is 6. The van der Waals surface area contributed by atoms with E-state index in [2.05, 4.69) is 0 Å². The molecule has 0 radical (unpaired) electrons. The number of ether oxygens (including phenoxy) is 7. The third-order valence-electron chi connectivity index (χ3n) is 6.21. The van der Waals surface area contributed by atoms with Gasteiger partial charge < -0.3 is 33.2 Å². The summed E-state index contributed by atoms with van der Waals surface area (Å²) >= 11 is 0. The summed E-state index contributed by atoms with van der Waals surface area (Å²) in [5.74, 6) is -1.54. The van der Waals surface area contributed by atoms with Crippen molar-refractivity contribution < 1.29 is 47.5 Å². The Hall–Kier alpha value is -3.95. The molecule has 10 nitrogen and oxygen atoms in total. The Morgan fingerprint density at radius 1 is 0.853 bits per heavy atom. The molecule has 0 N–H and O–H groups in total. The van der Waals surface area contributed by atoms with Gasteiger partial charge in [0.2, 0.25) is 12.5 Å². The number of ketones is 1. The second-order valence-electron chi connectivity index (χ2n) is 7.74. The van der Waals surface area contributed by atoms with Crippen LogP contribution in [0, 0.1) is 5.41 Å². The largest absolute Gasteiger partial charge is 0.493 e. The van der Waals surface area contributed by atoms with Gasteiger partial charge in [-0.3, -0.25) is 14.4 Å². The molecule has 180 valence electrons. The predicted molar refractivity (Wildman–Crippen MR) is 116 cm³/mol. The molecule has 0 fully saturated rings. The number of methoxy groups -OCH3 is 5. The fourth-order valence-corrected chi connectivity index (χ4v) is 4.71. The first-order chi connectivity index (χ1) is 16.4. The average Bonchev–Trinajstić information content (AvgIpc) is 3.33. The molecule has 1 aliphatic carbocycles. The molecule has 0 spiro atoms. The maximum absolute atomic E-state index is 13.3. The highest BCUT2D eigenvalue weighted by Gasteiger charge is 2.60. The first kappa shape index (κ1) is 23.2. The maximum Gasteiger partial charge on any atom is 0.324 e. The van der Waals surface area contributed by atoms with Crippen molar-refractivity contribution in [1.82, 2.24) is 0 Å². The van der Waals surface area contributed by atoms with Gasteiger partial charge in [0, 0.05) is 17.9 Å². The van der Waals surface area contributed by atoms with Crippen LogP contribution in [0.1, 0.15) is 33.8 Å². The number of carbonyl (C=O) groups excluding carboxylic acids is 3. The average molecular weight is 472 g/mol. The Bertz CT molecular complexity index is 1130. The molecule has 1 atom stereocenters. The van der Waals surface area contributed by atoms with Gasteiger partial charge in [0.1, 0.15) is 0 Å². The first-order valence-electron chi connectivity index (χ1n) is 10.3. The number of benzene rings is 2. The molecule has 34 heavy (non-hydrogen) atoms. The molecule has 1 aliphatic heterocycles. The third-order valence-corrected chi connectivity index (χ3v) is 6.21. The molecule has 0 saturated heterocycles. The molecule has 0 saturated carbocycles. The number of fused-ring (bicyclic) bond motifs is 2. The standard InChI is InChI=1S/C24H24O10/c1-28-18-6-12(7-19(29-2)21(18)30-3)20-14-9-17-16(33-11-34-17)8-13(14)15(25)10-24(20,22(26)31-4)23(27)32-5/h6-9,20H,10-11H2,1-5H3. The van der Waals surface area contributed by atoms with Crippen molar-refractivity contribution in [1.29, 1.82) is 0 Å². The Kier molecular flexibility index (Phi) is 5.99. The topological polar surface area (TPSA) is 116 Å². The Morgan fingerprint density at radius 2 is 1.41 bits per heavy atom. The van der Waals surface area contributed by atoms with Gasteiger partial charge in [-0.1, -0.05) is 0 Å². The van der Waals surface area contributed by atoms with Crippen molar-refractivity contribution in [3.63, 3.8) is 0 Å². The molecular formula is C24H24O10. The van der Waals surface area contributed by atoms with Gasteiger partial charge in [-0.05, 0) is 35.4 Å². The van der Waals surface area contributed by atoms with Crippen LogP contribution in [0.2, 0.25) is 0 Å². The molecule has 10 heteroatoms. The second-order valence-corrected chi connectivity index (χ2v) is 7.74. The molecule has 2 aliphatic rings. The van der Waals surface area contributed by atoms with Crippen LogP contribution in [0.5, 0.6) is 28.7 Å². The second kappa shape index (κ2) is 8.77. The summed E-state index contributed by atoms with van der Waals surface area (Å²) in [5, 5.41) is 0. The molecule has 0 amide bonds. The van der Waals surface area contributed by atoms with Crippen LogP contribution in [0.4, 0.5) is 0 Å². The Morgan fingerprint density at radius 3 is 1.91 bits per heavy atom. The molecule has 1 heterocycles. The van der Waals surface area contributed by atoms with Crippen LogP contribution in [0.3, 0.4) is 0 Å². The van der Waals surface area contributed by atoms with Crippen molar-refractivity contribution in [3.05, 3.63) is 41.0 Å². The van der Waals surface area contributed by atoms with E-state index in [1.54, 1.807) is 24.3 Å². The maximum atomic E-state index is 13.3. The lowest BCUT2D eigenvalue weighted by molar-refractivity contribution is -0.170. The van der Waals surface area contributed by atoms with Crippen LogP contribution in [0.15, 0.2) is 24.3 Å². The minimum absolute atomic E-state index is 0.0135. The van der Waals surface area contributed by atoms with Gasteiger partial charge in [0.15, 0.2) is 34.2 Å². The van der Waals surface area contributed by atoms with E-state index in [-0.39, 0.29) is 6.79 Å². The summed E-state index contributed by atoms with van der Waals surface area (Å²) < 4.78 is 37.4. The lowest BCUT2D eigenvalue weighted by Crippen LogP contribution is -2.50. The first-order valence-corrected chi connectivity index (χ1v) is 10.3. The Labute approximate surface area is 195 Å². The lowest BCUT2D eigenvalue weighted by Gasteiger charge is -2.40. The molecule has 1 unspecified atom stereocenters. The molecule has 0 aromatic heterocycles. The van der Waals surface area contributed by atoms with Crippen LogP contribution >= 0.6 is 0 Å². The van der Waals surface area contributed by atoms with Gasteiger partial charge in [-0.2, -0.15) is 0 Å². The van der Waals surface area contributed by atoms with Gasteiger partial charge in [-0.15, -0.1) is 0 Å². The van der Waals surface area contributed by atoms with Crippen molar-refractivity contribution in [2.75, 3.05) is 42.3 Å². The molecule has 0 bridgehead atoms. The summed E-state index contributed by atoms with van der Waals surface area (Å²) in [6.07, 6.45) is -0.472. The highest BCUT2D eigenvalue weighted by molar-refractivity contribution is 6.12. The zero-order chi connectivity index (χ0) is 24.6. The minimum atomic E-state index is -2.01. The molecule has 2 aromatic carbocycles. The quantitative estimate of drug-likeness (QED) is 0.459. The highest BCUT2D eigenvalue weighted by Crippen LogP contribution is 2.55. The van der Waals surface area contributed by atoms with E-state index in [0.717, 1.165) is 14.2 Å². The van der Waals surface area contributed by atoms with Gasteiger partial charge in [0.05, 0.1) is 35.5 Å². The predicted octanol–water partition coefficient (Wildman–Crippen LogP) is 2.49. The fraction of sp³-hybridized carbons (Fsp3) is 0.375. The fourth-order valence-electron chi connectivity index (χ4n) is 4.71. The number of Topliss-reactive ketones (excluding diaryl/α,β-unsaturated/α-hetero) is 1. The summed E-state index contributed by atoms with van der Waals surface area (Å²) in [4.78, 5) is 39.8. The summed E-state index contributed by atoms with van der Waals surface area (Å²) in [6.45, 7) is -0.0135. The van der Waals surface area contributed by atoms with Crippen molar-refractivity contribution in [3.8, 4) is 28.7 Å². The number of esters is 2. The van der Waals surface area contributed by atoms with Crippen LogP contribution in [0.25, 0.3) is 0 Å². The summed E-state index contributed by atoms with van der Waals surface area (Å²) in [6, 6.07) is 6.40. The number of carbonyl (C=O) groups is 3. The van der Waals surface area contributed by atoms with Crippen molar-refractivity contribution in [2.24, 2.45) is 5.41 Å². The van der Waals surface area contributed by atoms with Crippen molar-refractivity contribution >= 4 is 17.7 Å². The van der Waals surface area contributed by atoms with Crippen LogP contribution in [-0.2, 0) is 19.1 Å². The third kappa shape index (κ3) is 3.28. The zero-order valence-electron chi connectivity index (χ0n) is 19.4. The van der Waals surface area contributed by atoms with E-state index < -0.39 is 35.5 Å². The minimum Gasteiger partial charge on any atom is -0.493 e. The molecular weight excluding hydrogens is 448 g/mol. The SMILES string of the molecule is COC(=O)C1(C(=O)OC)CC(=O)c2cc3c(cc2C1c1cc(OC)c(OC)c(OC)c1)OCO3. The van der Waals surface area contributed by atoms with E-state index in [1.165, 1.54) is 21.3 Å². The van der Waals surface area contributed by atoms with Gasteiger partial charge in [-0.25, -0.2) is 0 Å². The van der Waals surface area contributed by atoms with E-state index in [9.17, 15) is 14.4 Å².